The standard InChI is InChI=1S/C19H25N3O4S2/c1-13(2)17(21-18(23)15-9-7-11-27-15)19(24)20-12-14-8-5-6-10-16(14)28(25,26)22(3)4/h5-11,13,17H,12H2,1-4H3,(H,20,24)(H,21,23). The van der Waals surface area contributed by atoms with E-state index >= 15 is 0 Å². The topological polar surface area (TPSA) is 95.6 Å². The van der Waals surface area contributed by atoms with Crippen molar-refractivity contribution in [3.63, 3.8) is 0 Å². The first-order chi connectivity index (χ1) is 13.1. The predicted molar refractivity (Wildman–Crippen MR) is 110 cm³/mol. The minimum absolute atomic E-state index is 0.0418. The highest BCUT2D eigenvalue weighted by Crippen LogP contribution is 2.18. The van der Waals surface area contributed by atoms with Crippen LogP contribution in [-0.2, 0) is 21.4 Å². The molecular weight excluding hydrogens is 398 g/mol. The molecule has 9 heteroatoms. The van der Waals surface area contributed by atoms with Gasteiger partial charge in [0.25, 0.3) is 5.91 Å². The molecule has 0 bridgehead atoms. The van der Waals surface area contributed by atoms with E-state index in [4.69, 9.17) is 0 Å². The molecule has 1 aromatic heterocycles. The molecule has 2 N–H and O–H groups in total. The first-order valence-electron chi connectivity index (χ1n) is 8.77. The highest BCUT2D eigenvalue weighted by molar-refractivity contribution is 7.89. The summed E-state index contributed by atoms with van der Waals surface area (Å²) < 4.78 is 26.1. The summed E-state index contributed by atoms with van der Waals surface area (Å²) in [6.45, 7) is 3.72. The smallest absolute Gasteiger partial charge is 0.262 e. The Morgan fingerprint density at radius 1 is 1.11 bits per heavy atom. The van der Waals surface area contributed by atoms with E-state index < -0.39 is 16.1 Å². The van der Waals surface area contributed by atoms with Gasteiger partial charge in [-0.2, -0.15) is 0 Å². The van der Waals surface area contributed by atoms with Crippen LogP contribution >= 0.6 is 11.3 Å². The summed E-state index contributed by atoms with van der Waals surface area (Å²) in [4.78, 5) is 25.6. The summed E-state index contributed by atoms with van der Waals surface area (Å²) in [6.07, 6.45) is 0. The molecule has 1 aromatic carbocycles. The van der Waals surface area contributed by atoms with Crippen LogP contribution in [0.4, 0.5) is 0 Å². The second kappa shape index (κ2) is 9.31. The van der Waals surface area contributed by atoms with Crippen molar-refractivity contribution < 1.29 is 18.0 Å². The van der Waals surface area contributed by atoms with Crippen molar-refractivity contribution in [2.45, 2.75) is 31.3 Å². The van der Waals surface area contributed by atoms with Gasteiger partial charge in [-0.3, -0.25) is 9.59 Å². The molecule has 0 aliphatic heterocycles. The largest absolute Gasteiger partial charge is 0.350 e. The molecule has 0 radical (unpaired) electrons. The first kappa shape index (κ1) is 22.1. The van der Waals surface area contributed by atoms with Crippen molar-refractivity contribution in [3.05, 3.63) is 52.2 Å². The number of hydrogen-bond donors (Lipinski definition) is 2. The zero-order valence-corrected chi connectivity index (χ0v) is 17.9. The molecule has 1 atom stereocenters. The molecule has 2 amide bonds. The third-order valence-corrected chi connectivity index (χ3v) is 6.95. The summed E-state index contributed by atoms with van der Waals surface area (Å²) in [6, 6.07) is 9.26. The van der Waals surface area contributed by atoms with Gasteiger partial charge in [0.1, 0.15) is 6.04 Å². The number of sulfonamides is 1. The quantitative estimate of drug-likeness (QED) is 0.679. The molecule has 152 valence electrons. The molecule has 0 saturated heterocycles. The first-order valence-corrected chi connectivity index (χ1v) is 11.1. The maximum absolute atomic E-state index is 12.7. The number of nitrogens with one attached hydrogen (secondary N) is 2. The van der Waals surface area contributed by atoms with E-state index in [9.17, 15) is 18.0 Å². The van der Waals surface area contributed by atoms with Crippen LogP contribution in [0.25, 0.3) is 0 Å². The summed E-state index contributed by atoms with van der Waals surface area (Å²) in [5.74, 6) is -0.805. The lowest BCUT2D eigenvalue weighted by Gasteiger charge is -2.22. The van der Waals surface area contributed by atoms with E-state index in [-0.39, 0.29) is 29.2 Å². The molecule has 1 unspecified atom stereocenters. The Labute approximate surface area is 169 Å². The lowest BCUT2D eigenvalue weighted by atomic mass is 10.0. The van der Waals surface area contributed by atoms with Crippen molar-refractivity contribution in [2.24, 2.45) is 5.92 Å². The normalized spacial score (nSPS) is 12.8. The number of carbonyl (C=O) groups excluding carboxylic acids is 2. The van der Waals surface area contributed by atoms with Gasteiger partial charge < -0.3 is 10.6 Å². The van der Waals surface area contributed by atoms with Crippen LogP contribution in [0.15, 0.2) is 46.7 Å². The van der Waals surface area contributed by atoms with Crippen molar-refractivity contribution in [3.8, 4) is 0 Å². The number of hydrogen-bond acceptors (Lipinski definition) is 5. The number of nitrogens with zero attached hydrogens (tertiary/aromatic N) is 1. The second-order valence-electron chi connectivity index (χ2n) is 6.79. The molecule has 28 heavy (non-hydrogen) atoms. The van der Waals surface area contributed by atoms with Gasteiger partial charge in [0.05, 0.1) is 9.77 Å². The molecule has 0 spiro atoms. The van der Waals surface area contributed by atoms with Crippen LogP contribution in [0, 0.1) is 5.92 Å². The van der Waals surface area contributed by atoms with E-state index in [1.54, 1.807) is 35.7 Å². The van der Waals surface area contributed by atoms with Gasteiger partial charge in [-0.15, -0.1) is 11.3 Å². The average molecular weight is 424 g/mol. The fraction of sp³-hybridized carbons (Fsp3) is 0.368. The second-order valence-corrected chi connectivity index (χ2v) is 9.85. The molecule has 0 saturated carbocycles. The fourth-order valence-corrected chi connectivity index (χ4v) is 4.29. The van der Waals surface area contributed by atoms with Gasteiger partial charge in [0.2, 0.25) is 15.9 Å². The maximum Gasteiger partial charge on any atom is 0.262 e. The number of carbonyl (C=O) groups is 2. The van der Waals surface area contributed by atoms with E-state index in [0.29, 0.717) is 10.4 Å². The number of amides is 2. The molecule has 7 nitrogen and oxygen atoms in total. The lowest BCUT2D eigenvalue weighted by Crippen LogP contribution is -2.49. The van der Waals surface area contributed by atoms with Crippen LogP contribution in [0.2, 0.25) is 0 Å². The minimum atomic E-state index is -3.63. The molecule has 0 aliphatic carbocycles. The Bertz CT molecular complexity index is 922. The Kier molecular flexibility index (Phi) is 7.34. The monoisotopic (exact) mass is 423 g/mol. The van der Waals surface area contributed by atoms with E-state index in [1.165, 1.54) is 31.5 Å². The van der Waals surface area contributed by atoms with Gasteiger partial charge in [0.15, 0.2) is 0 Å². The molecule has 0 aliphatic rings. The number of benzene rings is 1. The Balaban J connectivity index is 2.13. The molecule has 0 fully saturated rings. The van der Waals surface area contributed by atoms with E-state index in [0.717, 1.165) is 4.31 Å². The molecular formula is C19H25N3O4S2. The van der Waals surface area contributed by atoms with Crippen molar-refractivity contribution in [1.82, 2.24) is 14.9 Å². The van der Waals surface area contributed by atoms with Crippen LogP contribution in [0.1, 0.15) is 29.1 Å². The summed E-state index contributed by atoms with van der Waals surface area (Å²) in [7, 11) is -0.711. The van der Waals surface area contributed by atoms with Gasteiger partial charge >= 0.3 is 0 Å². The van der Waals surface area contributed by atoms with Crippen LogP contribution in [-0.4, -0.2) is 44.7 Å². The van der Waals surface area contributed by atoms with Crippen molar-refractivity contribution >= 4 is 33.2 Å². The third-order valence-electron chi connectivity index (χ3n) is 4.17. The maximum atomic E-state index is 12.7. The van der Waals surface area contributed by atoms with Crippen LogP contribution < -0.4 is 10.6 Å². The Morgan fingerprint density at radius 3 is 2.36 bits per heavy atom. The third kappa shape index (κ3) is 5.18. The van der Waals surface area contributed by atoms with Gasteiger partial charge in [-0.25, -0.2) is 12.7 Å². The fourth-order valence-electron chi connectivity index (χ4n) is 2.55. The number of rotatable bonds is 8. The summed E-state index contributed by atoms with van der Waals surface area (Å²) in [5.41, 5.74) is 0.483. The van der Waals surface area contributed by atoms with Gasteiger partial charge in [0, 0.05) is 20.6 Å². The molecule has 2 aromatic rings. The van der Waals surface area contributed by atoms with Gasteiger partial charge in [-0.1, -0.05) is 38.1 Å². The molecule has 1 heterocycles. The van der Waals surface area contributed by atoms with E-state index in [1.807, 2.05) is 13.8 Å². The van der Waals surface area contributed by atoms with Crippen molar-refractivity contribution in [2.75, 3.05) is 14.1 Å². The van der Waals surface area contributed by atoms with E-state index in [2.05, 4.69) is 10.6 Å². The number of thiophene rings is 1. The summed E-state index contributed by atoms with van der Waals surface area (Å²) >= 11 is 1.30. The van der Waals surface area contributed by atoms with Crippen LogP contribution in [0.3, 0.4) is 0 Å². The van der Waals surface area contributed by atoms with Crippen LogP contribution in [0.5, 0.6) is 0 Å². The average Bonchev–Trinajstić information content (AvgIpc) is 3.18. The molecule has 2 rings (SSSR count). The Morgan fingerprint density at radius 2 is 1.79 bits per heavy atom. The highest BCUT2D eigenvalue weighted by Gasteiger charge is 2.26. The predicted octanol–water partition coefficient (Wildman–Crippen LogP) is 2.07. The minimum Gasteiger partial charge on any atom is -0.350 e. The van der Waals surface area contributed by atoms with Gasteiger partial charge in [-0.05, 0) is 29.0 Å². The lowest BCUT2D eigenvalue weighted by molar-refractivity contribution is -0.124. The Hall–Kier alpha value is -2.23. The highest BCUT2D eigenvalue weighted by atomic mass is 32.2. The zero-order valence-electron chi connectivity index (χ0n) is 16.3. The summed E-state index contributed by atoms with van der Waals surface area (Å²) in [5, 5.41) is 7.29. The zero-order chi connectivity index (χ0) is 20.9. The van der Waals surface area contributed by atoms with Crippen molar-refractivity contribution in [1.29, 1.82) is 0 Å². The SMILES string of the molecule is CC(C)C(NC(=O)c1cccs1)C(=O)NCc1ccccc1S(=O)(=O)N(C)C.